The van der Waals surface area contributed by atoms with Gasteiger partial charge in [0.15, 0.2) is 0 Å². The van der Waals surface area contributed by atoms with Crippen LogP contribution in [-0.2, 0) is 16.0 Å². The normalized spacial score (nSPS) is 17.7. The van der Waals surface area contributed by atoms with Crippen LogP contribution in [0.15, 0.2) is 70.9 Å². The zero-order valence-corrected chi connectivity index (χ0v) is 18.6. The lowest BCUT2D eigenvalue weighted by atomic mass is 9.98. The maximum Gasteiger partial charge on any atom is 0.295 e. The third kappa shape index (κ3) is 4.11. The van der Waals surface area contributed by atoms with E-state index in [0.29, 0.717) is 28.0 Å². The molecule has 1 aliphatic heterocycles. The highest BCUT2D eigenvalue weighted by Gasteiger charge is 2.47. The second-order valence-electron chi connectivity index (χ2n) is 7.23. The number of carbonyl (C=O) groups is 2. The maximum absolute atomic E-state index is 13.0. The number of ketones is 1. The Balaban J connectivity index is 1.77. The molecule has 1 N–H and O–H groups in total. The zero-order valence-electron chi connectivity index (χ0n) is 17.0. The highest BCUT2D eigenvalue weighted by molar-refractivity contribution is 6.46. The van der Waals surface area contributed by atoms with Crippen LogP contribution < -0.4 is 4.74 Å². The topological polar surface area (TPSA) is 80.0 Å². The number of Topliss-reactive ketones (excluding diaryl/α,β-unsaturated/α-hetero) is 1. The van der Waals surface area contributed by atoms with Crippen LogP contribution in [-0.4, -0.2) is 35.4 Å². The molecule has 1 amide bonds. The lowest BCUT2D eigenvalue weighted by molar-refractivity contribution is -0.140. The fourth-order valence-corrected chi connectivity index (χ4v) is 4.06. The number of carbonyl (C=O) groups excluding carboxylic acids is 2. The molecule has 1 saturated heterocycles. The first-order chi connectivity index (χ1) is 15.4. The third-order valence-electron chi connectivity index (χ3n) is 5.32. The summed E-state index contributed by atoms with van der Waals surface area (Å²) in [6.07, 6.45) is 1.94. The van der Waals surface area contributed by atoms with Crippen molar-refractivity contribution in [3.8, 4) is 5.75 Å². The molecule has 32 heavy (non-hydrogen) atoms. The van der Waals surface area contributed by atoms with E-state index in [1.165, 1.54) is 24.3 Å². The fourth-order valence-electron chi connectivity index (χ4n) is 3.76. The molecule has 4 rings (SSSR count). The number of hydrogen-bond donors (Lipinski definition) is 1. The van der Waals surface area contributed by atoms with Crippen LogP contribution in [0.25, 0.3) is 5.76 Å². The number of rotatable bonds is 6. The summed E-state index contributed by atoms with van der Waals surface area (Å²) in [7, 11) is 1.44. The van der Waals surface area contributed by atoms with E-state index in [4.69, 9.17) is 32.4 Å². The Morgan fingerprint density at radius 3 is 2.47 bits per heavy atom. The average molecular weight is 472 g/mol. The summed E-state index contributed by atoms with van der Waals surface area (Å²) in [6.45, 7) is 0.237. The average Bonchev–Trinajstić information content (AvgIpc) is 3.40. The van der Waals surface area contributed by atoms with Crippen molar-refractivity contribution >= 4 is 40.7 Å². The number of methoxy groups -OCH3 is 1. The van der Waals surface area contributed by atoms with Gasteiger partial charge in [-0.15, -0.1) is 0 Å². The molecule has 0 radical (unpaired) electrons. The quantitative estimate of drug-likeness (QED) is 0.301. The minimum absolute atomic E-state index is 0.0818. The molecule has 0 aliphatic carbocycles. The summed E-state index contributed by atoms with van der Waals surface area (Å²) in [6, 6.07) is 14.3. The number of nitrogens with zero attached hydrogens (tertiary/aromatic N) is 1. The Labute approximate surface area is 194 Å². The van der Waals surface area contributed by atoms with Gasteiger partial charge in [-0.2, -0.15) is 0 Å². The maximum atomic E-state index is 13.0. The lowest BCUT2D eigenvalue weighted by Crippen LogP contribution is -2.31. The Morgan fingerprint density at radius 2 is 1.81 bits per heavy atom. The van der Waals surface area contributed by atoms with Crippen LogP contribution in [0, 0.1) is 0 Å². The van der Waals surface area contributed by atoms with Crippen LogP contribution >= 0.6 is 23.2 Å². The Morgan fingerprint density at radius 1 is 1.09 bits per heavy atom. The molecule has 0 saturated carbocycles. The van der Waals surface area contributed by atoms with E-state index in [9.17, 15) is 14.7 Å². The van der Waals surface area contributed by atoms with Crippen molar-refractivity contribution in [1.29, 1.82) is 0 Å². The molecule has 6 nitrogen and oxygen atoms in total. The minimum Gasteiger partial charge on any atom is -0.507 e. The number of ether oxygens (including phenoxy) is 1. The highest BCUT2D eigenvalue weighted by Crippen LogP contribution is 2.41. The molecule has 1 fully saturated rings. The van der Waals surface area contributed by atoms with Gasteiger partial charge >= 0.3 is 0 Å². The van der Waals surface area contributed by atoms with Crippen molar-refractivity contribution in [2.24, 2.45) is 0 Å². The Bertz CT molecular complexity index is 1190. The first-order valence-electron chi connectivity index (χ1n) is 9.81. The van der Waals surface area contributed by atoms with Gasteiger partial charge in [0.05, 0.1) is 24.5 Å². The van der Waals surface area contributed by atoms with E-state index in [1.807, 2.05) is 12.1 Å². The number of likely N-dealkylation sites (tertiary alicyclic amines) is 1. The smallest absolute Gasteiger partial charge is 0.295 e. The van der Waals surface area contributed by atoms with Gasteiger partial charge in [0.1, 0.15) is 23.3 Å². The van der Waals surface area contributed by atoms with Crippen LogP contribution in [0.1, 0.15) is 22.9 Å². The molecular weight excluding hydrogens is 453 g/mol. The predicted octanol–water partition coefficient (Wildman–Crippen LogP) is 5.26. The summed E-state index contributed by atoms with van der Waals surface area (Å²) < 4.78 is 10.9. The van der Waals surface area contributed by atoms with Gasteiger partial charge in [-0.05, 0) is 54.4 Å². The first kappa shape index (κ1) is 22.0. The van der Waals surface area contributed by atoms with E-state index in [0.717, 1.165) is 5.56 Å². The molecule has 2 aromatic carbocycles. The molecule has 1 unspecified atom stereocenters. The predicted molar refractivity (Wildman–Crippen MR) is 121 cm³/mol. The fraction of sp³-hybridized carbons (Fsp3) is 0.167. The highest BCUT2D eigenvalue weighted by atomic mass is 35.5. The van der Waals surface area contributed by atoms with Crippen molar-refractivity contribution in [3.05, 3.63) is 93.4 Å². The molecule has 0 bridgehead atoms. The zero-order chi connectivity index (χ0) is 22.8. The Kier molecular flexibility index (Phi) is 6.26. The van der Waals surface area contributed by atoms with Crippen LogP contribution in [0.5, 0.6) is 5.75 Å². The summed E-state index contributed by atoms with van der Waals surface area (Å²) in [5.74, 6) is -1.22. The van der Waals surface area contributed by atoms with Crippen molar-refractivity contribution in [3.63, 3.8) is 0 Å². The van der Waals surface area contributed by atoms with Gasteiger partial charge in [0.2, 0.25) is 0 Å². The number of aliphatic hydroxyl groups is 1. The van der Waals surface area contributed by atoms with Gasteiger partial charge < -0.3 is 19.2 Å². The van der Waals surface area contributed by atoms with E-state index >= 15 is 0 Å². The molecule has 1 aromatic heterocycles. The van der Waals surface area contributed by atoms with Crippen molar-refractivity contribution in [2.45, 2.75) is 12.5 Å². The molecule has 8 heteroatoms. The number of furan rings is 1. The van der Waals surface area contributed by atoms with E-state index in [1.54, 1.807) is 36.4 Å². The van der Waals surface area contributed by atoms with Gasteiger partial charge in [-0.3, -0.25) is 9.59 Å². The molecular formula is C24H19Cl2NO5. The van der Waals surface area contributed by atoms with E-state index in [-0.39, 0.29) is 23.4 Å². The lowest BCUT2D eigenvalue weighted by Gasteiger charge is -2.23. The van der Waals surface area contributed by atoms with E-state index in [2.05, 4.69) is 0 Å². The monoisotopic (exact) mass is 471 g/mol. The molecule has 3 aromatic rings. The van der Waals surface area contributed by atoms with Gasteiger partial charge in [0.25, 0.3) is 11.7 Å². The summed E-state index contributed by atoms with van der Waals surface area (Å²) >= 11 is 12.0. The van der Waals surface area contributed by atoms with Crippen molar-refractivity contribution in [2.75, 3.05) is 13.7 Å². The van der Waals surface area contributed by atoms with E-state index < -0.39 is 17.7 Å². The molecule has 1 aliphatic rings. The van der Waals surface area contributed by atoms with Crippen LogP contribution in [0.4, 0.5) is 0 Å². The van der Waals surface area contributed by atoms with Crippen LogP contribution in [0.2, 0.25) is 10.0 Å². The molecule has 2 heterocycles. The number of aliphatic hydroxyl groups excluding tert-OH is 1. The van der Waals surface area contributed by atoms with Crippen molar-refractivity contribution < 1.29 is 23.8 Å². The van der Waals surface area contributed by atoms with Gasteiger partial charge in [-0.25, -0.2) is 0 Å². The Hall–Kier alpha value is -3.22. The number of amides is 1. The van der Waals surface area contributed by atoms with Gasteiger partial charge in [-0.1, -0.05) is 35.3 Å². The summed E-state index contributed by atoms with van der Waals surface area (Å²) in [4.78, 5) is 27.4. The second kappa shape index (κ2) is 9.10. The number of hydrogen-bond acceptors (Lipinski definition) is 5. The number of halogens is 2. The molecule has 1 atom stereocenters. The van der Waals surface area contributed by atoms with Crippen molar-refractivity contribution in [1.82, 2.24) is 4.90 Å². The summed E-state index contributed by atoms with van der Waals surface area (Å²) in [5, 5.41) is 12.1. The third-order valence-corrected chi connectivity index (χ3v) is 5.81. The van der Waals surface area contributed by atoms with Crippen LogP contribution in [0.3, 0.4) is 0 Å². The molecule has 0 spiro atoms. The number of benzene rings is 2. The summed E-state index contributed by atoms with van der Waals surface area (Å²) in [5.41, 5.74) is 1.08. The largest absolute Gasteiger partial charge is 0.507 e. The minimum atomic E-state index is -0.888. The molecule has 164 valence electrons. The first-order valence-corrected chi connectivity index (χ1v) is 10.6. The van der Waals surface area contributed by atoms with Gasteiger partial charge in [0, 0.05) is 16.6 Å². The standard InChI is InChI=1S/C24H19Cl2NO5/c1-31-18-9-8-16(26)13-17(18)22(28)20-21(19-3-2-12-32-19)27(24(30)23(20)29)11-10-14-4-6-15(25)7-5-14/h2-9,12-13,21,28H,10-11H2,1H3/b22-20-. The second-order valence-corrected chi connectivity index (χ2v) is 8.10. The SMILES string of the molecule is COc1ccc(Cl)cc1/C(O)=C1/C(=O)C(=O)N(CCc2ccc(Cl)cc2)C1c1ccco1.